The van der Waals surface area contributed by atoms with E-state index in [2.05, 4.69) is 157 Å². The van der Waals surface area contributed by atoms with Gasteiger partial charge in [-0.3, -0.25) is 0 Å². The van der Waals surface area contributed by atoms with Crippen molar-refractivity contribution in [1.82, 2.24) is 0 Å². The van der Waals surface area contributed by atoms with Gasteiger partial charge in [-0.25, -0.2) is 0 Å². The van der Waals surface area contributed by atoms with E-state index in [1.54, 1.807) is 0 Å². The second kappa shape index (κ2) is 10.1. The number of hydrogen-bond acceptors (Lipinski definition) is 3. The Morgan fingerprint density at radius 2 is 1.00 bits per heavy atom. The predicted octanol–water partition coefficient (Wildman–Crippen LogP) is 12.9. The van der Waals surface area contributed by atoms with E-state index in [1.807, 2.05) is 12.1 Å². The standard InChI is InChI=1S/C44H27NO2/c1-3-14-31-28(11-1)13-9-19-38(31)45(39-20-10-22-42-43(39)35-25-23-29-12-2-4-16-33(29)44(35)47-42)37-18-7-5-15-32(37)30-24-26-41-36(27-30)34-17-6-8-21-40(34)46-41/h1-27H. The first-order valence-electron chi connectivity index (χ1n) is 15.9. The third-order valence-corrected chi connectivity index (χ3v) is 9.45. The number of hydrogen-bond donors (Lipinski definition) is 0. The molecular formula is C44H27NO2. The van der Waals surface area contributed by atoms with E-state index in [0.29, 0.717) is 0 Å². The Morgan fingerprint density at radius 3 is 1.91 bits per heavy atom. The fraction of sp³-hybridized carbons (Fsp3) is 0. The molecule has 0 N–H and O–H groups in total. The van der Waals surface area contributed by atoms with Crippen molar-refractivity contribution in [2.75, 3.05) is 4.90 Å². The van der Waals surface area contributed by atoms with Gasteiger partial charge in [-0.1, -0.05) is 115 Å². The van der Waals surface area contributed by atoms with Crippen molar-refractivity contribution >= 4 is 82.5 Å². The van der Waals surface area contributed by atoms with Gasteiger partial charge in [0.2, 0.25) is 0 Å². The predicted molar refractivity (Wildman–Crippen MR) is 196 cm³/mol. The molecule has 2 heterocycles. The minimum Gasteiger partial charge on any atom is -0.456 e. The van der Waals surface area contributed by atoms with Gasteiger partial charge in [0, 0.05) is 32.5 Å². The molecule has 10 aromatic rings. The van der Waals surface area contributed by atoms with Gasteiger partial charge in [0.25, 0.3) is 0 Å². The molecule has 47 heavy (non-hydrogen) atoms. The summed E-state index contributed by atoms with van der Waals surface area (Å²) in [7, 11) is 0. The van der Waals surface area contributed by atoms with Crippen LogP contribution in [0.15, 0.2) is 173 Å². The van der Waals surface area contributed by atoms with E-state index >= 15 is 0 Å². The summed E-state index contributed by atoms with van der Waals surface area (Å²) in [5.41, 5.74) is 9.07. The summed E-state index contributed by atoms with van der Waals surface area (Å²) >= 11 is 0. The maximum absolute atomic E-state index is 6.67. The van der Waals surface area contributed by atoms with E-state index in [1.165, 1.54) is 16.2 Å². The lowest BCUT2D eigenvalue weighted by atomic mass is 9.98. The zero-order chi connectivity index (χ0) is 30.9. The van der Waals surface area contributed by atoms with E-state index in [-0.39, 0.29) is 0 Å². The smallest absolute Gasteiger partial charge is 0.143 e. The molecule has 0 saturated heterocycles. The molecular weight excluding hydrogens is 574 g/mol. The first-order valence-corrected chi connectivity index (χ1v) is 15.9. The Labute approximate surface area is 270 Å². The van der Waals surface area contributed by atoms with Gasteiger partial charge >= 0.3 is 0 Å². The van der Waals surface area contributed by atoms with Gasteiger partial charge in [-0.05, 0) is 64.9 Å². The maximum atomic E-state index is 6.67. The molecule has 10 rings (SSSR count). The molecule has 3 nitrogen and oxygen atoms in total. The van der Waals surface area contributed by atoms with E-state index in [4.69, 9.17) is 8.83 Å². The molecule has 0 bridgehead atoms. The van der Waals surface area contributed by atoms with Gasteiger partial charge < -0.3 is 13.7 Å². The highest BCUT2D eigenvalue weighted by Crippen LogP contribution is 2.48. The minimum absolute atomic E-state index is 0.864. The van der Waals surface area contributed by atoms with Crippen LogP contribution in [0.3, 0.4) is 0 Å². The quantitative estimate of drug-likeness (QED) is 0.201. The van der Waals surface area contributed by atoms with Crippen molar-refractivity contribution in [3.05, 3.63) is 164 Å². The van der Waals surface area contributed by atoms with Crippen LogP contribution in [0, 0.1) is 0 Å². The van der Waals surface area contributed by atoms with Crippen molar-refractivity contribution in [3.63, 3.8) is 0 Å². The van der Waals surface area contributed by atoms with E-state index in [0.717, 1.165) is 77.5 Å². The number of rotatable bonds is 4. The summed E-state index contributed by atoms with van der Waals surface area (Å²) in [6.45, 7) is 0. The molecule has 220 valence electrons. The normalized spacial score (nSPS) is 11.8. The topological polar surface area (TPSA) is 29.5 Å². The van der Waals surface area contributed by atoms with E-state index in [9.17, 15) is 0 Å². The minimum atomic E-state index is 0.864. The van der Waals surface area contributed by atoms with Crippen LogP contribution in [0.5, 0.6) is 0 Å². The Balaban J connectivity index is 1.29. The van der Waals surface area contributed by atoms with Crippen LogP contribution in [0.2, 0.25) is 0 Å². The first-order chi connectivity index (χ1) is 23.3. The average Bonchev–Trinajstić information content (AvgIpc) is 3.71. The van der Waals surface area contributed by atoms with Crippen LogP contribution in [-0.4, -0.2) is 0 Å². The van der Waals surface area contributed by atoms with Crippen LogP contribution in [0.1, 0.15) is 0 Å². The average molecular weight is 602 g/mol. The van der Waals surface area contributed by atoms with Crippen molar-refractivity contribution in [2.24, 2.45) is 0 Å². The summed E-state index contributed by atoms with van der Waals surface area (Å²) in [5, 5.41) is 9.07. The monoisotopic (exact) mass is 601 g/mol. The molecule has 0 radical (unpaired) electrons. The third-order valence-electron chi connectivity index (χ3n) is 9.45. The number of para-hydroxylation sites is 2. The summed E-state index contributed by atoms with van der Waals surface area (Å²) in [6, 6.07) is 57.9. The van der Waals surface area contributed by atoms with Gasteiger partial charge in [0.1, 0.15) is 22.3 Å². The van der Waals surface area contributed by atoms with Crippen molar-refractivity contribution < 1.29 is 8.83 Å². The molecule has 0 saturated carbocycles. The van der Waals surface area contributed by atoms with Gasteiger partial charge in [-0.2, -0.15) is 0 Å². The molecule has 0 unspecified atom stereocenters. The van der Waals surface area contributed by atoms with Crippen LogP contribution in [-0.2, 0) is 0 Å². The zero-order valence-corrected chi connectivity index (χ0v) is 25.4. The maximum Gasteiger partial charge on any atom is 0.143 e. The number of benzene rings is 8. The SMILES string of the molecule is c1ccc(N(c2cccc3ccccc23)c2cccc3oc4c5ccccc5ccc4c23)c(-c2ccc3oc4ccccc4c3c2)c1. The summed E-state index contributed by atoms with van der Waals surface area (Å²) in [5.74, 6) is 0. The Hall–Kier alpha value is -6.32. The lowest BCUT2D eigenvalue weighted by molar-refractivity contribution is 0.669. The van der Waals surface area contributed by atoms with Crippen molar-refractivity contribution in [3.8, 4) is 11.1 Å². The molecule has 0 aliphatic heterocycles. The van der Waals surface area contributed by atoms with Gasteiger partial charge in [0.05, 0.1) is 22.4 Å². The fourth-order valence-electron chi connectivity index (χ4n) is 7.32. The molecule has 8 aromatic carbocycles. The zero-order valence-electron chi connectivity index (χ0n) is 25.4. The number of anilines is 3. The molecule has 0 fully saturated rings. The third kappa shape index (κ3) is 3.93. The lowest BCUT2D eigenvalue weighted by Crippen LogP contribution is -2.12. The number of furan rings is 2. The molecule has 0 aliphatic rings. The number of fused-ring (bicyclic) bond motifs is 9. The summed E-state index contributed by atoms with van der Waals surface area (Å²) in [6.07, 6.45) is 0. The number of nitrogens with zero attached hydrogens (tertiary/aromatic N) is 1. The molecule has 3 heteroatoms. The Morgan fingerprint density at radius 1 is 0.362 bits per heavy atom. The van der Waals surface area contributed by atoms with Gasteiger partial charge in [-0.15, -0.1) is 0 Å². The molecule has 0 amide bonds. The highest BCUT2D eigenvalue weighted by atomic mass is 16.3. The summed E-state index contributed by atoms with van der Waals surface area (Å²) < 4.78 is 12.9. The van der Waals surface area contributed by atoms with Crippen molar-refractivity contribution in [1.29, 1.82) is 0 Å². The lowest BCUT2D eigenvalue weighted by Gasteiger charge is -2.29. The van der Waals surface area contributed by atoms with E-state index < -0.39 is 0 Å². The molecule has 0 aliphatic carbocycles. The molecule has 0 spiro atoms. The van der Waals surface area contributed by atoms with Crippen LogP contribution < -0.4 is 4.90 Å². The summed E-state index contributed by atoms with van der Waals surface area (Å²) in [4.78, 5) is 2.42. The van der Waals surface area contributed by atoms with Gasteiger partial charge in [0.15, 0.2) is 0 Å². The Bertz CT molecular complexity index is 2820. The first kappa shape index (κ1) is 26.0. The van der Waals surface area contributed by atoms with Crippen molar-refractivity contribution in [2.45, 2.75) is 0 Å². The highest BCUT2D eigenvalue weighted by molar-refractivity contribution is 6.20. The second-order valence-corrected chi connectivity index (χ2v) is 12.1. The van der Waals surface area contributed by atoms with Crippen LogP contribution in [0.25, 0.3) is 76.5 Å². The molecule has 2 aromatic heterocycles. The fourth-order valence-corrected chi connectivity index (χ4v) is 7.32. The van der Waals surface area contributed by atoms with Crippen LogP contribution >= 0.6 is 0 Å². The molecule has 0 atom stereocenters. The Kier molecular flexibility index (Phi) is 5.57. The largest absolute Gasteiger partial charge is 0.456 e. The van der Waals surface area contributed by atoms with Crippen LogP contribution in [0.4, 0.5) is 17.1 Å². The highest BCUT2D eigenvalue weighted by Gasteiger charge is 2.24. The second-order valence-electron chi connectivity index (χ2n) is 12.1.